The maximum absolute atomic E-state index is 12.0. The lowest BCUT2D eigenvalue weighted by molar-refractivity contribution is -0.144. The SMILES string of the molecule is C=CC(C(=O)OC)C(CC1CCC1)c1ccccc1.CC. The van der Waals surface area contributed by atoms with Gasteiger partial charge in [-0.3, -0.25) is 4.79 Å². The maximum atomic E-state index is 12.0. The first-order valence-corrected chi connectivity index (χ1v) is 8.01. The molecule has 1 aliphatic carbocycles. The van der Waals surface area contributed by atoms with Crippen molar-refractivity contribution in [3.05, 3.63) is 48.6 Å². The molecule has 0 amide bonds. The van der Waals surface area contributed by atoms with E-state index in [1.807, 2.05) is 32.0 Å². The van der Waals surface area contributed by atoms with E-state index in [9.17, 15) is 4.79 Å². The third-order valence-corrected chi connectivity index (χ3v) is 4.20. The highest BCUT2D eigenvalue weighted by Gasteiger charge is 2.31. The van der Waals surface area contributed by atoms with Crippen LogP contribution in [0.4, 0.5) is 0 Å². The number of ether oxygens (including phenoxy) is 1. The molecule has 1 saturated carbocycles. The summed E-state index contributed by atoms with van der Waals surface area (Å²) in [5.74, 6) is 0.518. The molecule has 0 heterocycles. The molecule has 2 heteroatoms. The lowest BCUT2D eigenvalue weighted by Gasteiger charge is -2.32. The summed E-state index contributed by atoms with van der Waals surface area (Å²) in [6.45, 7) is 7.83. The molecule has 116 valence electrons. The molecule has 0 aliphatic heterocycles. The minimum Gasteiger partial charge on any atom is -0.469 e. The molecular formula is C19H28O2. The standard InChI is InChI=1S/C17H22O2.C2H6/c1-3-15(17(18)19-2)16(12-13-8-7-9-13)14-10-5-4-6-11-14;1-2/h3-6,10-11,13,15-16H,1,7-9,12H2,2H3;1-2H3. The van der Waals surface area contributed by atoms with Crippen LogP contribution in [0.1, 0.15) is 51.0 Å². The van der Waals surface area contributed by atoms with Crippen LogP contribution in [-0.2, 0) is 9.53 Å². The Hall–Kier alpha value is -1.57. The van der Waals surface area contributed by atoms with Crippen molar-refractivity contribution in [2.45, 2.75) is 45.4 Å². The van der Waals surface area contributed by atoms with Crippen LogP contribution in [0.15, 0.2) is 43.0 Å². The summed E-state index contributed by atoms with van der Waals surface area (Å²) >= 11 is 0. The van der Waals surface area contributed by atoms with E-state index in [2.05, 4.69) is 18.7 Å². The van der Waals surface area contributed by atoms with Crippen molar-refractivity contribution < 1.29 is 9.53 Å². The molecule has 1 aliphatic rings. The summed E-state index contributed by atoms with van der Waals surface area (Å²) in [5.41, 5.74) is 1.21. The number of hydrogen-bond acceptors (Lipinski definition) is 2. The minimum atomic E-state index is -0.243. The van der Waals surface area contributed by atoms with Crippen LogP contribution in [0.2, 0.25) is 0 Å². The van der Waals surface area contributed by atoms with E-state index >= 15 is 0 Å². The molecular weight excluding hydrogens is 260 g/mol. The Balaban J connectivity index is 0.00000106. The summed E-state index contributed by atoms with van der Waals surface area (Å²) in [4.78, 5) is 12.0. The van der Waals surface area contributed by atoms with Crippen molar-refractivity contribution in [2.24, 2.45) is 11.8 Å². The average Bonchev–Trinajstić information content (AvgIpc) is 2.51. The fraction of sp³-hybridized carbons (Fsp3) is 0.526. The topological polar surface area (TPSA) is 26.3 Å². The second kappa shape index (κ2) is 9.38. The van der Waals surface area contributed by atoms with Crippen LogP contribution in [0.25, 0.3) is 0 Å². The quantitative estimate of drug-likeness (QED) is 0.546. The van der Waals surface area contributed by atoms with Crippen LogP contribution in [0.3, 0.4) is 0 Å². The van der Waals surface area contributed by atoms with Gasteiger partial charge in [-0.1, -0.05) is 69.5 Å². The van der Waals surface area contributed by atoms with E-state index in [1.165, 1.54) is 31.9 Å². The van der Waals surface area contributed by atoms with Gasteiger partial charge in [0.05, 0.1) is 13.0 Å². The van der Waals surface area contributed by atoms with Gasteiger partial charge < -0.3 is 4.74 Å². The molecule has 1 aromatic rings. The summed E-state index contributed by atoms with van der Waals surface area (Å²) in [6, 6.07) is 10.3. The summed E-state index contributed by atoms with van der Waals surface area (Å²) < 4.78 is 4.93. The van der Waals surface area contributed by atoms with Crippen molar-refractivity contribution in [3.63, 3.8) is 0 Å². The first kappa shape index (κ1) is 17.5. The Morgan fingerprint density at radius 3 is 2.38 bits per heavy atom. The number of hydrogen-bond donors (Lipinski definition) is 0. The average molecular weight is 288 g/mol. The van der Waals surface area contributed by atoms with Gasteiger partial charge in [0.25, 0.3) is 0 Å². The van der Waals surface area contributed by atoms with Crippen LogP contribution in [0, 0.1) is 11.8 Å². The zero-order chi connectivity index (χ0) is 15.7. The van der Waals surface area contributed by atoms with Gasteiger partial charge in [0.1, 0.15) is 0 Å². The fourth-order valence-corrected chi connectivity index (χ4v) is 2.84. The predicted molar refractivity (Wildman–Crippen MR) is 88.2 cm³/mol. The molecule has 2 unspecified atom stereocenters. The molecule has 0 bridgehead atoms. The highest BCUT2D eigenvalue weighted by Crippen LogP contribution is 2.39. The summed E-state index contributed by atoms with van der Waals surface area (Å²) in [7, 11) is 1.45. The maximum Gasteiger partial charge on any atom is 0.313 e. The predicted octanol–water partition coefficient (Wildman–Crippen LogP) is 4.96. The highest BCUT2D eigenvalue weighted by atomic mass is 16.5. The Bertz CT molecular complexity index is 420. The smallest absolute Gasteiger partial charge is 0.313 e. The van der Waals surface area contributed by atoms with Crippen molar-refractivity contribution in [3.8, 4) is 0 Å². The summed E-state index contributed by atoms with van der Waals surface area (Å²) in [6.07, 6.45) is 6.68. The van der Waals surface area contributed by atoms with E-state index in [0.29, 0.717) is 0 Å². The molecule has 0 spiro atoms. The molecule has 2 atom stereocenters. The van der Waals surface area contributed by atoms with Gasteiger partial charge in [0.2, 0.25) is 0 Å². The molecule has 0 N–H and O–H groups in total. The normalized spacial score (nSPS) is 16.7. The van der Waals surface area contributed by atoms with Crippen molar-refractivity contribution >= 4 is 5.97 Å². The molecule has 1 fully saturated rings. The third-order valence-electron chi connectivity index (χ3n) is 4.20. The van der Waals surface area contributed by atoms with Gasteiger partial charge in [0, 0.05) is 5.92 Å². The number of benzene rings is 1. The van der Waals surface area contributed by atoms with Crippen LogP contribution >= 0.6 is 0 Å². The van der Waals surface area contributed by atoms with Gasteiger partial charge >= 0.3 is 5.97 Å². The number of rotatable bonds is 6. The van der Waals surface area contributed by atoms with Gasteiger partial charge in [-0.05, 0) is 17.9 Å². The fourth-order valence-electron chi connectivity index (χ4n) is 2.84. The number of carbonyl (C=O) groups is 1. The monoisotopic (exact) mass is 288 g/mol. The van der Waals surface area contributed by atoms with E-state index < -0.39 is 0 Å². The molecule has 2 rings (SSSR count). The van der Waals surface area contributed by atoms with Gasteiger partial charge in [0.15, 0.2) is 0 Å². The second-order valence-electron chi connectivity index (χ2n) is 5.33. The van der Waals surface area contributed by atoms with E-state index in [4.69, 9.17) is 4.74 Å². The van der Waals surface area contributed by atoms with Crippen LogP contribution < -0.4 is 0 Å². The van der Waals surface area contributed by atoms with Gasteiger partial charge in [-0.15, -0.1) is 6.58 Å². The van der Waals surface area contributed by atoms with Crippen molar-refractivity contribution in [1.82, 2.24) is 0 Å². The van der Waals surface area contributed by atoms with Crippen LogP contribution in [-0.4, -0.2) is 13.1 Å². The van der Waals surface area contributed by atoms with Crippen molar-refractivity contribution in [2.75, 3.05) is 7.11 Å². The number of methoxy groups -OCH3 is 1. The Morgan fingerprint density at radius 1 is 1.33 bits per heavy atom. The number of carbonyl (C=O) groups excluding carboxylic acids is 1. The number of esters is 1. The second-order valence-corrected chi connectivity index (χ2v) is 5.33. The largest absolute Gasteiger partial charge is 0.469 e. The Morgan fingerprint density at radius 2 is 1.95 bits per heavy atom. The molecule has 0 radical (unpaired) electrons. The van der Waals surface area contributed by atoms with Gasteiger partial charge in [-0.2, -0.15) is 0 Å². The molecule has 0 saturated heterocycles. The van der Waals surface area contributed by atoms with Crippen LogP contribution in [0.5, 0.6) is 0 Å². The molecule has 0 aromatic heterocycles. The minimum absolute atomic E-state index is 0.178. The van der Waals surface area contributed by atoms with Gasteiger partial charge in [-0.25, -0.2) is 0 Å². The first-order valence-electron chi connectivity index (χ1n) is 8.01. The highest BCUT2D eigenvalue weighted by molar-refractivity contribution is 5.75. The first-order chi connectivity index (χ1) is 10.3. The zero-order valence-corrected chi connectivity index (χ0v) is 13.5. The Kier molecular flexibility index (Phi) is 7.81. The Labute approximate surface area is 129 Å². The summed E-state index contributed by atoms with van der Waals surface area (Å²) in [5, 5.41) is 0. The molecule has 2 nitrogen and oxygen atoms in total. The van der Waals surface area contributed by atoms with Crippen molar-refractivity contribution in [1.29, 1.82) is 0 Å². The van der Waals surface area contributed by atoms with E-state index in [-0.39, 0.29) is 17.8 Å². The zero-order valence-electron chi connectivity index (χ0n) is 13.5. The third kappa shape index (κ3) is 4.73. The lowest BCUT2D eigenvalue weighted by atomic mass is 9.73. The lowest BCUT2D eigenvalue weighted by Crippen LogP contribution is -2.25. The molecule has 1 aromatic carbocycles. The molecule has 21 heavy (non-hydrogen) atoms. The van der Waals surface area contributed by atoms with E-state index in [0.717, 1.165) is 12.3 Å². The van der Waals surface area contributed by atoms with E-state index in [1.54, 1.807) is 6.08 Å².